The van der Waals surface area contributed by atoms with Crippen molar-refractivity contribution in [1.82, 2.24) is 0 Å². The van der Waals surface area contributed by atoms with Gasteiger partial charge in [-0.15, -0.1) is 6.58 Å². The molecule has 4 nitrogen and oxygen atoms in total. The predicted molar refractivity (Wildman–Crippen MR) is 58.8 cm³/mol. The van der Waals surface area contributed by atoms with Crippen molar-refractivity contribution in [3.63, 3.8) is 0 Å². The van der Waals surface area contributed by atoms with E-state index in [4.69, 9.17) is 14.2 Å². The van der Waals surface area contributed by atoms with Crippen LogP contribution in [0.25, 0.3) is 0 Å². The molecule has 2 aliphatic rings. The lowest BCUT2D eigenvalue weighted by molar-refractivity contribution is -0.224. The Balaban J connectivity index is 1.99. The summed E-state index contributed by atoms with van der Waals surface area (Å²) in [6.45, 7) is 9.12. The number of hydrogen-bond acceptors (Lipinski definition) is 4. The maximum atomic E-state index is 10.2. The molecule has 0 bridgehead atoms. The van der Waals surface area contributed by atoms with E-state index in [2.05, 4.69) is 6.58 Å². The molecule has 1 N–H and O–H groups in total. The van der Waals surface area contributed by atoms with Crippen molar-refractivity contribution in [2.45, 2.75) is 63.5 Å². The van der Waals surface area contributed by atoms with Gasteiger partial charge in [-0.25, -0.2) is 0 Å². The number of hydrogen-bond donors (Lipinski definition) is 1. The van der Waals surface area contributed by atoms with Crippen LogP contribution in [0.5, 0.6) is 0 Å². The Morgan fingerprint density at radius 3 is 2.75 bits per heavy atom. The standard InChI is InChI=1S/C12H20O4/c1-5-6-12(4,13)9-7-8-10(14-9)16-11(2,3)15-8/h5,8-10,13H,1,6-7H2,2-4H3/t8-,9+,10-,12-/m1/s1. The van der Waals surface area contributed by atoms with Crippen LogP contribution < -0.4 is 0 Å². The Morgan fingerprint density at radius 1 is 1.50 bits per heavy atom. The van der Waals surface area contributed by atoms with Crippen LogP contribution in [-0.2, 0) is 14.2 Å². The second-order valence-electron chi connectivity index (χ2n) is 5.25. The molecule has 92 valence electrons. The molecule has 0 aromatic rings. The van der Waals surface area contributed by atoms with E-state index in [1.165, 1.54) is 0 Å². The molecule has 4 atom stereocenters. The van der Waals surface area contributed by atoms with Gasteiger partial charge in [0, 0.05) is 6.42 Å². The van der Waals surface area contributed by atoms with Crippen molar-refractivity contribution in [3.8, 4) is 0 Å². The fourth-order valence-corrected chi connectivity index (χ4v) is 2.33. The Kier molecular flexibility index (Phi) is 2.87. The van der Waals surface area contributed by atoms with Crippen LogP contribution in [0.2, 0.25) is 0 Å². The van der Waals surface area contributed by atoms with Crippen LogP contribution in [0.4, 0.5) is 0 Å². The molecule has 2 fully saturated rings. The molecule has 0 saturated carbocycles. The summed E-state index contributed by atoms with van der Waals surface area (Å²) in [5, 5.41) is 10.2. The topological polar surface area (TPSA) is 47.9 Å². The molecule has 0 aliphatic carbocycles. The molecule has 2 heterocycles. The molecule has 16 heavy (non-hydrogen) atoms. The summed E-state index contributed by atoms with van der Waals surface area (Å²) in [5.41, 5.74) is -0.900. The van der Waals surface area contributed by atoms with Crippen molar-refractivity contribution in [2.75, 3.05) is 0 Å². The van der Waals surface area contributed by atoms with Crippen molar-refractivity contribution in [2.24, 2.45) is 0 Å². The van der Waals surface area contributed by atoms with Gasteiger partial charge >= 0.3 is 0 Å². The molecule has 0 spiro atoms. The second-order valence-corrected chi connectivity index (χ2v) is 5.25. The predicted octanol–water partition coefficient (Wildman–Crippen LogP) is 1.58. The average molecular weight is 228 g/mol. The molecule has 2 rings (SSSR count). The van der Waals surface area contributed by atoms with Gasteiger partial charge in [-0.05, 0) is 27.2 Å². The summed E-state index contributed by atoms with van der Waals surface area (Å²) in [6, 6.07) is 0. The van der Waals surface area contributed by atoms with Gasteiger partial charge in [0.05, 0.1) is 11.7 Å². The lowest BCUT2D eigenvalue weighted by atomic mass is 9.93. The fraction of sp³-hybridized carbons (Fsp3) is 0.833. The van der Waals surface area contributed by atoms with E-state index in [1.807, 2.05) is 13.8 Å². The Bertz CT molecular complexity index is 269. The zero-order valence-corrected chi connectivity index (χ0v) is 10.1. The summed E-state index contributed by atoms with van der Waals surface area (Å²) < 4.78 is 17.0. The summed E-state index contributed by atoms with van der Waals surface area (Å²) in [5.74, 6) is -0.579. The van der Waals surface area contributed by atoms with E-state index in [1.54, 1.807) is 13.0 Å². The Labute approximate surface area is 96.2 Å². The molecule has 0 unspecified atom stereocenters. The van der Waals surface area contributed by atoms with Crippen molar-refractivity contribution < 1.29 is 19.3 Å². The molecule has 0 radical (unpaired) electrons. The average Bonchev–Trinajstić information content (AvgIpc) is 2.57. The minimum Gasteiger partial charge on any atom is -0.387 e. The summed E-state index contributed by atoms with van der Waals surface area (Å²) in [7, 11) is 0. The van der Waals surface area contributed by atoms with E-state index in [9.17, 15) is 5.11 Å². The highest BCUT2D eigenvalue weighted by molar-refractivity contribution is 4.96. The van der Waals surface area contributed by atoms with Crippen LogP contribution in [-0.4, -0.2) is 35.0 Å². The first kappa shape index (κ1) is 12.0. The normalized spacial score (nSPS) is 40.4. The maximum absolute atomic E-state index is 10.2. The van der Waals surface area contributed by atoms with Gasteiger partial charge in [0.2, 0.25) is 0 Å². The van der Waals surface area contributed by atoms with E-state index in [-0.39, 0.29) is 18.5 Å². The van der Waals surface area contributed by atoms with Crippen LogP contribution in [0, 0.1) is 0 Å². The van der Waals surface area contributed by atoms with Gasteiger partial charge in [-0.3, -0.25) is 0 Å². The maximum Gasteiger partial charge on any atom is 0.187 e. The van der Waals surface area contributed by atoms with E-state index < -0.39 is 11.4 Å². The summed E-state index contributed by atoms with van der Waals surface area (Å²) >= 11 is 0. The molecule has 0 amide bonds. The van der Waals surface area contributed by atoms with Crippen molar-refractivity contribution in [3.05, 3.63) is 12.7 Å². The van der Waals surface area contributed by atoms with Crippen LogP contribution >= 0.6 is 0 Å². The van der Waals surface area contributed by atoms with Crippen molar-refractivity contribution >= 4 is 0 Å². The fourth-order valence-electron chi connectivity index (χ4n) is 2.33. The third-order valence-corrected chi connectivity index (χ3v) is 3.13. The quantitative estimate of drug-likeness (QED) is 0.745. The van der Waals surface area contributed by atoms with E-state index in [0.717, 1.165) is 0 Å². The Hall–Kier alpha value is -0.420. The highest BCUT2D eigenvalue weighted by Gasteiger charge is 2.52. The SMILES string of the molecule is C=CC[C@@](C)(O)[C@@H]1C[C@H]2OC(C)(C)O[C@H]2O1. The number of fused-ring (bicyclic) bond motifs is 1. The van der Waals surface area contributed by atoms with Crippen LogP contribution in [0.15, 0.2) is 12.7 Å². The van der Waals surface area contributed by atoms with Crippen LogP contribution in [0.3, 0.4) is 0 Å². The molecule has 2 aliphatic heterocycles. The van der Waals surface area contributed by atoms with Gasteiger partial charge in [0.1, 0.15) is 6.10 Å². The summed E-state index contributed by atoms with van der Waals surface area (Å²) in [4.78, 5) is 0. The van der Waals surface area contributed by atoms with Gasteiger partial charge in [-0.1, -0.05) is 6.08 Å². The number of aliphatic hydroxyl groups is 1. The molecular weight excluding hydrogens is 208 g/mol. The zero-order valence-electron chi connectivity index (χ0n) is 10.1. The number of rotatable bonds is 3. The van der Waals surface area contributed by atoms with Gasteiger partial charge in [0.15, 0.2) is 12.1 Å². The van der Waals surface area contributed by atoms with Gasteiger partial charge < -0.3 is 19.3 Å². The zero-order chi connectivity index (χ0) is 12.0. The molecule has 2 saturated heterocycles. The summed E-state index contributed by atoms with van der Waals surface area (Å²) in [6.07, 6.45) is 2.18. The van der Waals surface area contributed by atoms with E-state index in [0.29, 0.717) is 12.8 Å². The third-order valence-electron chi connectivity index (χ3n) is 3.13. The minimum absolute atomic E-state index is 0.0729. The first-order valence-corrected chi connectivity index (χ1v) is 5.68. The van der Waals surface area contributed by atoms with Gasteiger partial charge in [-0.2, -0.15) is 0 Å². The third kappa shape index (κ3) is 2.15. The second kappa shape index (κ2) is 3.81. The molecule has 4 heteroatoms. The monoisotopic (exact) mass is 228 g/mol. The lowest BCUT2D eigenvalue weighted by Crippen LogP contribution is -2.40. The highest BCUT2D eigenvalue weighted by Crippen LogP contribution is 2.40. The van der Waals surface area contributed by atoms with Crippen molar-refractivity contribution in [1.29, 1.82) is 0 Å². The van der Waals surface area contributed by atoms with E-state index >= 15 is 0 Å². The molecule has 0 aromatic carbocycles. The lowest BCUT2D eigenvalue weighted by Gasteiger charge is -2.30. The largest absolute Gasteiger partial charge is 0.387 e. The molecular formula is C12H20O4. The minimum atomic E-state index is -0.900. The molecule has 0 aromatic heterocycles. The van der Waals surface area contributed by atoms with Gasteiger partial charge in [0.25, 0.3) is 0 Å². The smallest absolute Gasteiger partial charge is 0.187 e. The van der Waals surface area contributed by atoms with Crippen LogP contribution in [0.1, 0.15) is 33.6 Å². The first-order valence-electron chi connectivity index (χ1n) is 5.68. The Morgan fingerprint density at radius 2 is 2.19 bits per heavy atom. The number of ether oxygens (including phenoxy) is 3. The first-order chi connectivity index (χ1) is 7.34. The highest BCUT2D eigenvalue weighted by atomic mass is 16.8.